The molecule has 0 saturated heterocycles. The van der Waals surface area contributed by atoms with Gasteiger partial charge in [0.25, 0.3) is 0 Å². The number of ether oxygens (including phenoxy) is 1. The van der Waals surface area contributed by atoms with E-state index in [1.54, 1.807) is 0 Å². The molecule has 0 aliphatic carbocycles. The van der Waals surface area contributed by atoms with Crippen LogP contribution in [0, 0.1) is 5.92 Å². The molecule has 0 rings (SSSR count). The minimum atomic E-state index is -0.643. The molecule has 4 nitrogen and oxygen atoms in total. The minimum Gasteiger partial charge on any atom is -0.481 e. The van der Waals surface area contributed by atoms with Crippen LogP contribution in [0.25, 0.3) is 0 Å². The summed E-state index contributed by atoms with van der Waals surface area (Å²) in [5, 5.41) is 8.60. The maximum absolute atomic E-state index is 10.7. The number of hydrogen-bond donors (Lipinski definition) is 1. The van der Waals surface area contributed by atoms with Crippen molar-refractivity contribution in [1.82, 2.24) is 0 Å². The summed E-state index contributed by atoms with van der Waals surface area (Å²) in [6.07, 6.45) is 7.54. The molecule has 0 fully saturated rings. The molecule has 0 aromatic carbocycles. The standard InChI is InChI=1S/2C8H16O2/c1-3-5-6-7-8(9)10-4-2;1-3-5-6-7(4-2)8(9)10/h3-7H2,1-2H3;7H,3-6H2,1-2H3,(H,9,10). The summed E-state index contributed by atoms with van der Waals surface area (Å²) in [5.74, 6) is -0.813. The highest BCUT2D eigenvalue weighted by atomic mass is 16.5. The number of unbranched alkanes of at least 4 members (excludes halogenated alkanes) is 3. The van der Waals surface area contributed by atoms with Crippen molar-refractivity contribution in [3.63, 3.8) is 0 Å². The average Bonchev–Trinajstić information content (AvgIpc) is 2.40. The van der Waals surface area contributed by atoms with E-state index in [-0.39, 0.29) is 11.9 Å². The molecule has 0 aromatic heterocycles. The van der Waals surface area contributed by atoms with Gasteiger partial charge in [0.2, 0.25) is 0 Å². The molecule has 1 N–H and O–H groups in total. The van der Waals surface area contributed by atoms with Crippen molar-refractivity contribution in [3.05, 3.63) is 0 Å². The third-order valence-electron chi connectivity index (χ3n) is 3.04. The molecule has 1 atom stereocenters. The van der Waals surface area contributed by atoms with Crippen LogP contribution in [0.2, 0.25) is 0 Å². The van der Waals surface area contributed by atoms with Crippen LogP contribution >= 0.6 is 0 Å². The van der Waals surface area contributed by atoms with Crippen molar-refractivity contribution in [2.45, 2.75) is 79.1 Å². The summed E-state index contributed by atoms with van der Waals surface area (Å²) in [6, 6.07) is 0. The second-order valence-corrected chi connectivity index (χ2v) is 4.85. The minimum absolute atomic E-state index is 0.0593. The molecule has 120 valence electrons. The van der Waals surface area contributed by atoms with Gasteiger partial charge in [-0.2, -0.15) is 0 Å². The van der Waals surface area contributed by atoms with E-state index in [0.29, 0.717) is 13.0 Å². The zero-order valence-corrected chi connectivity index (χ0v) is 13.6. The van der Waals surface area contributed by atoms with Crippen molar-refractivity contribution in [3.8, 4) is 0 Å². The molecule has 20 heavy (non-hydrogen) atoms. The van der Waals surface area contributed by atoms with Gasteiger partial charge in [0.15, 0.2) is 0 Å². The van der Waals surface area contributed by atoms with Crippen LogP contribution in [0.3, 0.4) is 0 Å². The molecule has 0 aliphatic heterocycles. The highest BCUT2D eigenvalue weighted by Crippen LogP contribution is 2.11. The molecule has 4 heteroatoms. The second-order valence-electron chi connectivity index (χ2n) is 4.85. The monoisotopic (exact) mass is 288 g/mol. The van der Waals surface area contributed by atoms with Crippen molar-refractivity contribution in [2.24, 2.45) is 5.92 Å². The Labute approximate surface area is 123 Å². The summed E-state index contributed by atoms with van der Waals surface area (Å²) in [5.41, 5.74) is 0. The SMILES string of the molecule is CCCCC(CC)C(=O)O.CCCCCC(=O)OCC. The molecule has 0 radical (unpaired) electrons. The number of rotatable bonds is 10. The number of carboxylic acid groups (broad SMARTS) is 1. The number of esters is 1. The third kappa shape index (κ3) is 15.0. The normalized spacial score (nSPS) is 11.2. The highest BCUT2D eigenvalue weighted by molar-refractivity contribution is 5.69. The van der Waals surface area contributed by atoms with Crippen molar-refractivity contribution in [1.29, 1.82) is 0 Å². The summed E-state index contributed by atoms with van der Waals surface area (Å²) >= 11 is 0. The molecule has 0 amide bonds. The van der Waals surface area contributed by atoms with Crippen LogP contribution < -0.4 is 0 Å². The van der Waals surface area contributed by atoms with Crippen LogP contribution in [0.15, 0.2) is 0 Å². The molecule has 0 heterocycles. The zero-order chi connectivity index (χ0) is 15.8. The number of hydrogen-bond acceptors (Lipinski definition) is 3. The zero-order valence-electron chi connectivity index (χ0n) is 13.6. The Morgan fingerprint density at radius 2 is 1.60 bits per heavy atom. The molecule has 0 aliphatic rings. The average molecular weight is 288 g/mol. The molecule has 0 bridgehead atoms. The van der Waals surface area contributed by atoms with E-state index < -0.39 is 5.97 Å². The fraction of sp³-hybridized carbons (Fsp3) is 0.875. The summed E-state index contributed by atoms with van der Waals surface area (Å²) < 4.78 is 4.75. The van der Waals surface area contributed by atoms with E-state index in [0.717, 1.165) is 44.9 Å². The number of carboxylic acids is 1. The highest BCUT2D eigenvalue weighted by Gasteiger charge is 2.12. The second kappa shape index (κ2) is 16.0. The fourth-order valence-corrected chi connectivity index (χ4v) is 1.71. The summed E-state index contributed by atoms with van der Waals surface area (Å²) in [6.45, 7) is 8.46. The molecule has 1 unspecified atom stereocenters. The van der Waals surface area contributed by atoms with E-state index in [1.165, 1.54) is 0 Å². The summed E-state index contributed by atoms with van der Waals surface area (Å²) in [4.78, 5) is 21.1. The van der Waals surface area contributed by atoms with Gasteiger partial charge in [0, 0.05) is 6.42 Å². The van der Waals surface area contributed by atoms with E-state index in [4.69, 9.17) is 9.84 Å². The van der Waals surface area contributed by atoms with Gasteiger partial charge in [-0.3, -0.25) is 9.59 Å². The maximum atomic E-state index is 10.7. The van der Waals surface area contributed by atoms with Crippen molar-refractivity contribution in [2.75, 3.05) is 6.61 Å². The number of aliphatic carboxylic acids is 1. The number of carbonyl (C=O) groups is 2. The van der Waals surface area contributed by atoms with Gasteiger partial charge in [-0.15, -0.1) is 0 Å². The number of carbonyl (C=O) groups excluding carboxylic acids is 1. The first kappa shape index (κ1) is 21.2. The van der Waals surface area contributed by atoms with Crippen LogP contribution in [0.5, 0.6) is 0 Å². The quantitative estimate of drug-likeness (QED) is 0.477. The lowest BCUT2D eigenvalue weighted by Crippen LogP contribution is -2.11. The topological polar surface area (TPSA) is 63.6 Å². The first-order chi connectivity index (χ1) is 9.53. The van der Waals surface area contributed by atoms with Gasteiger partial charge in [-0.25, -0.2) is 0 Å². The predicted octanol–water partition coefficient (Wildman–Crippen LogP) is 4.42. The van der Waals surface area contributed by atoms with E-state index >= 15 is 0 Å². The Bertz CT molecular complexity index is 237. The first-order valence-electron chi connectivity index (χ1n) is 7.91. The Morgan fingerprint density at radius 1 is 1.00 bits per heavy atom. The van der Waals surface area contributed by atoms with Gasteiger partial charge < -0.3 is 9.84 Å². The molecule has 0 spiro atoms. The van der Waals surface area contributed by atoms with Crippen LogP contribution in [-0.4, -0.2) is 23.7 Å². The lowest BCUT2D eigenvalue weighted by molar-refractivity contribution is -0.143. The Morgan fingerprint density at radius 3 is 2.00 bits per heavy atom. The van der Waals surface area contributed by atoms with Gasteiger partial charge in [-0.1, -0.05) is 46.5 Å². The van der Waals surface area contributed by atoms with Crippen LogP contribution in [0.1, 0.15) is 79.1 Å². The largest absolute Gasteiger partial charge is 0.481 e. The molecule has 0 aromatic rings. The lowest BCUT2D eigenvalue weighted by Gasteiger charge is -2.06. The maximum Gasteiger partial charge on any atom is 0.306 e. The van der Waals surface area contributed by atoms with Crippen molar-refractivity contribution >= 4 is 11.9 Å². The Kier molecular flexibility index (Phi) is 17.0. The smallest absolute Gasteiger partial charge is 0.306 e. The molecular weight excluding hydrogens is 256 g/mol. The Balaban J connectivity index is 0. The molecular formula is C16H32O4. The van der Waals surface area contributed by atoms with Gasteiger partial charge in [0.05, 0.1) is 12.5 Å². The summed E-state index contributed by atoms with van der Waals surface area (Å²) in [7, 11) is 0. The lowest BCUT2D eigenvalue weighted by atomic mass is 10.00. The van der Waals surface area contributed by atoms with Gasteiger partial charge in [0.1, 0.15) is 0 Å². The third-order valence-corrected chi connectivity index (χ3v) is 3.04. The van der Waals surface area contributed by atoms with Gasteiger partial charge >= 0.3 is 11.9 Å². The van der Waals surface area contributed by atoms with Gasteiger partial charge in [-0.05, 0) is 26.2 Å². The van der Waals surface area contributed by atoms with Crippen LogP contribution in [-0.2, 0) is 14.3 Å². The van der Waals surface area contributed by atoms with E-state index in [1.807, 2.05) is 13.8 Å². The van der Waals surface area contributed by atoms with E-state index in [2.05, 4.69) is 13.8 Å². The van der Waals surface area contributed by atoms with Crippen LogP contribution in [0.4, 0.5) is 0 Å². The van der Waals surface area contributed by atoms with E-state index in [9.17, 15) is 9.59 Å². The first-order valence-corrected chi connectivity index (χ1v) is 7.91. The van der Waals surface area contributed by atoms with Crippen molar-refractivity contribution < 1.29 is 19.4 Å². The fourth-order valence-electron chi connectivity index (χ4n) is 1.71. The Hall–Kier alpha value is -1.06. The predicted molar refractivity (Wildman–Crippen MR) is 81.7 cm³/mol. The molecule has 0 saturated carbocycles.